The summed E-state index contributed by atoms with van der Waals surface area (Å²) >= 11 is 3.21. The van der Waals surface area contributed by atoms with Crippen molar-refractivity contribution < 1.29 is 23.1 Å². The summed E-state index contributed by atoms with van der Waals surface area (Å²) in [6.07, 6.45) is -3.26. The number of amides is 1. The number of rotatable bonds is 4. The number of nitrogens with one attached hydrogen (secondary N) is 2. The van der Waals surface area contributed by atoms with Crippen LogP contribution >= 0.6 is 15.9 Å². The van der Waals surface area contributed by atoms with Gasteiger partial charge in [0.2, 0.25) is 0 Å². The van der Waals surface area contributed by atoms with Crippen molar-refractivity contribution >= 4 is 22.0 Å². The second kappa shape index (κ2) is 7.53. The van der Waals surface area contributed by atoms with E-state index in [1.807, 2.05) is 0 Å². The van der Waals surface area contributed by atoms with Crippen molar-refractivity contribution in [2.45, 2.75) is 50.0 Å². The van der Waals surface area contributed by atoms with E-state index in [2.05, 4.69) is 26.6 Å². The zero-order chi connectivity index (χ0) is 17.0. The molecule has 1 aromatic rings. The maximum Gasteiger partial charge on any atom is 0.407 e. The Morgan fingerprint density at radius 3 is 2.39 bits per heavy atom. The average molecular weight is 395 g/mol. The number of hydrogen-bond acceptors (Lipinski definition) is 2. The molecule has 1 aliphatic carbocycles. The minimum absolute atomic E-state index is 0.147. The van der Waals surface area contributed by atoms with E-state index in [0.29, 0.717) is 30.2 Å². The number of carboxylic acid groups (broad SMARTS) is 1. The highest BCUT2D eigenvalue weighted by Crippen LogP contribution is 2.35. The van der Waals surface area contributed by atoms with E-state index in [9.17, 15) is 18.0 Å². The molecule has 8 heteroatoms. The van der Waals surface area contributed by atoms with Crippen LogP contribution in [0.1, 0.15) is 37.3 Å². The van der Waals surface area contributed by atoms with Crippen molar-refractivity contribution in [2.24, 2.45) is 0 Å². The normalized spacial score (nSPS) is 23.3. The lowest BCUT2D eigenvalue weighted by atomic mass is 9.90. The molecule has 3 N–H and O–H groups in total. The molecule has 3 atom stereocenters. The summed E-state index contributed by atoms with van der Waals surface area (Å²) in [6, 6.07) is 3.57. The molecule has 1 saturated carbocycles. The fourth-order valence-corrected chi connectivity index (χ4v) is 3.18. The van der Waals surface area contributed by atoms with Gasteiger partial charge >= 0.3 is 12.3 Å². The van der Waals surface area contributed by atoms with Crippen LogP contribution in [0.25, 0.3) is 0 Å². The van der Waals surface area contributed by atoms with Crippen LogP contribution in [0, 0.1) is 0 Å². The molecule has 2 rings (SSSR count). The largest absolute Gasteiger partial charge is 0.465 e. The summed E-state index contributed by atoms with van der Waals surface area (Å²) in [5.41, 5.74) is 0.147. The summed E-state index contributed by atoms with van der Waals surface area (Å²) in [6.45, 7) is 0. The lowest BCUT2D eigenvalue weighted by Crippen LogP contribution is -2.47. The Morgan fingerprint density at radius 1 is 1.22 bits per heavy atom. The van der Waals surface area contributed by atoms with Crippen LogP contribution in [0.5, 0.6) is 0 Å². The highest BCUT2D eigenvalue weighted by atomic mass is 79.9. The van der Waals surface area contributed by atoms with Gasteiger partial charge in [-0.15, -0.1) is 0 Å². The van der Waals surface area contributed by atoms with Crippen LogP contribution in [0.2, 0.25) is 0 Å². The van der Waals surface area contributed by atoms with Crippen molar-refractivity contribution in [3.05, 3.63) is 34.3 Å². The molecule has 0 unspecified atom stereocenters. The molecule has 1 aliphatic rings. The van der Waals surface area contributed by atoms with Gasteiger partial charge in [-0.05, 0) is 43.4 Å². The van der Waals surface area contributed by atoms with E-state index >= 15 is 0 Å². The summed E-state index contributed by atoms with van der Waals surface area (Å²) in [7, 11) is 0. The first-order chi connectivity index (χ1) is 10.8. The van der Waals surface area contributed by atoms with Gasteiger partial charge in [0.25, 0.3) is 0 Å². The molecule has 0 bridgehead atoms. The molecule has 1 fully saturated rings. The first-order valence-corrected chi connectivity index (χ1v) is 8.12. The smallest absolute Gasteiger partial charge is 0.407 e. The summed E-state index contributed by atoms with van der Waals surface area (Å²) < 4.78 is 40.9. The van der Waals surface area contributed by atoms with Crippen molar-refractivity contribution in [3.63, 3.8) is 0 Å². The van der Waals surface area contributed by atoms with E-state index in [1.165, 1.54) is 12.1 Å². The second-order valence-electron chi connectivity index (χ2n) is 5.70. The maximum atomic E-state index is 13.4. The predicted molar refractivity (Wildman–Crippen MR) is 83.3 cm³/mol. The summed E-state index contributed by atoms with van der Waals surface area (Å²) in [4.78, 5) is 10.7. The molecule has 23 heavy (non-hydrogen) atoms. The van der Waals surface area contributed by atoms with Gasteiger partial charge in [0.05, 0.1) is 0 Å². The van der Waals surface area contributed by atoms with Gasteiger partial charge in [0.1, 0.15) is 6.04 Å². The zero-order valence-corrected chi connectivity index (χ0v) is 13.8. The second-order valence-corrected chi connectivity index (χ2v) is 6.62. The summed E-state index contributed by atoms with van der Waals surface area (Å²) in [5, 5.41) is 13.8. The monoisotopic (exact) mass is 394 g/mol. The van der Waals surface area contributed by atoms with Crippen molar-refractivity contribution in [1.29, 1.82) is 0 Å². The van der Waals surface area contributed by atoms with E-state index in [1.54, 1.807) is 12.1 Å². The Balaban J connectivity index is 2.09. The van der Waals surface area contributed by atoms with Crippen LogP contribution in [0.15, 0.2) is 28.7 Å². The third-order valence-electron chi connectivity index (χ3n) is 3.93. The third-order valence-corrected chi connectivity index (χ3v) is 4.46. The van der Waals surface area contributed by atoms with Gasteiger partial charge in [-0.1, -0.05) is 28.1 Å². The molecule has 0 radical (unpaired) electrons. The molecule has 128 valence electrons. The third kappa shape index (κ3) is 5.39. The predicted octanol–water partition coefficient (Wildman–Crippen LogP) is 4.22. The van der Waals surface area contributed by atoms with Crippen molar-refractivity contribution in [3.8, 4) is 0 Å². The Hall–Kier alpha value is -1.28. The number of halogens is 4. The highest BCUT2D eigenvalue weighted by molar-refractivity contribution is 9.10. The van der Waals surface area contributed by atoms with Crippen molar-refractivity contribution in [2.75, 3.05) is 0 Å². The topological polar surface area (TPSA) is 61.4 Å². The minimum atomic E-state index is -4.42. The molecule has 1 amide bonds. The Kier molecular flexibility index (Phi) is 5.91. The van der Waals surface area contributed by atoms with Crippen LogP contribution < -0.4 is 10.6 Å². The quantitative estimate of drug-likeness (QED) is 0.716. The first-order valence-electron chi connectivity index (χ1n) is 7.33. The van der Waals surface area contributed by atoms with Gasteiger partial charge < -0.3 is 10.4 Å². The van der Waals surface area contributed by atoms with Gasteiger partial charge in [-0.25, -0.2) is 4.79 Å². The fraction of sp³-hybridized carbons (Fsp3) is 0.533. The van der Waals surface area contributed by atoms with Crippen LogP contribution in [0.3, 0.4) is 0 Å². The van der Waals surface area contributed by atoms with Gasteiger partial charge in [0, 0.05) is 16.6 Å². The van der Waals surface area contributed by atoms with Crippen LogP contribution in [0.4, 0.5) is 18.0 Å². The molecule has 0 saturated heterocycles. The lowest BCUT2D eigenvalue weighted by molar-refractivity contribution is -0.160. The molecular weight excluding hydrogens is 377 g/mol. The Labute approximate surface area is 140 Å². The van der Waals surface area contributed by atoms with Crippen molar-refractivity contribution in [1.82, 2.24) is 10.6 Å². The fourth-order valence-electron chi connectivity index (χ4n) is 2.92. The van der Waals surface area contributed by atoms with E-state index in [4.69, 9.17) is 5.11 Å². The minimum Gasteiger partial charge on any atom is -0.465 e. The number of benzene rings is 1. The molecule has 0 aliphatic heterocycles. The number of alkyl halides is 3. The first kappa shape index (κ1) is 18.1. The van der Waals surface area contributed by atoms with Crippen LogP contribution in [-0.2, 0) is 0 Å². The maximum absolute atomic E-state index is 13.4. The zero-order valence-electron chi connectivity index (χ0n) is 12.2. The molecule has 0 spiro atoms. The highest BCUT2D eigenvalue weighted by Gasteiger charge is 2.42. The molecule has 4 nitrogen and oxygen atoms in total. The molecule has 0 heterocycles. The van der Waals surface area contributed by atoms with Gasteiger partial charge in [-0.3, -0.25) is 5.32 Å². The molecule has 0 aromatic heterocycles. The number of hydrogen-bond donors (Lipinski definition) is 3. The summed E-state index contributed by atoms with van der Waals surface area (Å²) in [5.74, 6) is 0. The standard InChI is InChI=1S/C15H18BrF3N2O2/c16-10-6-4-9(5-7-10)13(15(17,18)19)20-11-2-1-3-12(8-11)21-14(22)23/h4-7,11-13,20-21H,1-3,8H2,(H,22,23)/t11-,12+,13+/m0/s1. The molecule has 1 aromatic carbocycles. The van der Waals surface area contributed by atoms with E-state index in [0.717, 1.165) is 0 Å². The van der Waals surface area contributed by atoms with E-state index < -0.39 is 18.3 Å². The lowest BCUT2D eigenvalue weighted by Gasteiger charge is -2.33. The SMILES string of the molecule is O=C(O)N[C@@H]1CCC[C@H](N[C@H](c2ccc(Br)cc2)C(F)(F)F)C1. The van der Waals surface area contributed by atoms with Gasteiger partial charge in [-0.2, -0.15) is 13.2 Å². The van der Waals surface area contributed by atoms with Crippen LogP contribution in [-0.4, -0.2) is 29.5 Å². The van der Waals surface area contributed by atoms with Gasteiger partial charge in [0.15, 0.2) is 0 Å². The Morgan fingerprint density at radius 2 is 1.83 bits per heavy atom. The molecular formula is C15H18BrF3N2O2. The van der Waals surface area contributed by atoms with E-state index in [-0.39, 0.29) is 17.6 Å². The average Bonchev–Trinajstić information content (AvgIpc) is 2.44. The Bertz CT molecular complexity index is 537. The number of carbonyl (C=O) groups is 1.